The van der Waals surface area contributed by atoms with E-state index in [1.54, 1.807) is 0 Å². The molecule has 0 fully saturated rings. The molecule has 0 aliphatic heterocycles. The third-order valence-corrected chi connectivity index (χ3v) is 2.13. The number of rotatable bonds is 4. The van der Waals surface area contributed by atoms with Gasteiger partial charge in [-0.2, -0.15) is 0 Å². The van der Waals surface area contributed by atoms with Gasteiger partial charge in [0.2, 0.25) is 0 Å². The minimum atomic E-state index is -1.77. The molecule has 1 rings (SSSR count). The van der Waals surface area contributed by atoms with Crippen molar-refractivity contribution in [3.8, 4) is 0 Å². The highest BCUT2D eigenvalue weighted by atomic mass is 16.6. The van der Waals surface area contributed by atoms with Gasteiger partial charge in [-0.25, -0.2) is 0 Å². The molecule has 1 aromatic rings. The van der Waals surface area contributed by atoms with E-state index in [2.05, 4.69) is 4.98 Å². The Hall–Kier alpha value is -2.51. The molecule has 0 bridgehead atoms. The van der Waals surface area contributed by atoms with Crippen molar-refractivity contribution >= 4 is 17.8 Å². The number of carbonyl (C=O) groups is 2. The highest BCUT2D eigenvalue weighted by Gasteiger charge is 2.31. The summed E-state index contributed by atoms with van der Waals surface area (Å²) in [6, 6.07) is 1.04. The lowest BCUT2D eigenvalue weighted by Gasteiger charge is -2.08. The van der Waals surface area contributed by atoms with Crippen LogP contribution < -0.4 is 0 Å². The van der Waals surface area contributed by atoms with Crippen molar-refractivity contribution in [3.05, 3.63) is 33.5 Å². The standard InChI is InChI=1S/C9H8N2O6/c1-4-2-6(11(16)17)10-3-5(4)7(8(12)13)9(14)15/h2-3,7H,1H3,(H,12,13)(H,14,15). The first-order valence-electron chi connectivity index (χ1n) is 4.41. The highest BCUT2D eigenvalue weighted by molar-refractivity contribution is 5.99. The van der Waals surface area contributed by atoms with Gasteiger partial charge in [0, 0.05) is 11.6 Å². The number of carboxylic acid groups (broad SMARTS) is 2. The first-order chi connectivity index (χ1) is 7.84. The SMILES string of the molecule is Cc1cc([N+](=O)[O-])ncc1C(C(=O)O)C(=O)O. The zero-order chi connectivity index (χ0) is 13.2. The maximum atomic E-state index is 10.8. The summed E-state index contributed by atoms with van der Waals surface area (Å²) < 4.78 is 0. The molecule has 0 unspecified atom stereocenters. The van der Waals surface area contributed by atoms with E-state index in [9.17, 15) is 19.7 Å². The first-order valence-corrected chi connectivity index (χ1v) is 4.41. The number of aryl methyl sites for hydroxylation is 1. The Morgan fingerprint density at radius 1 is 1.41 bits per heavy atom. The van der Waals surface area contributed by atoms with Crippen LogP contribution in [0.4, 0.5) is 5.82 Å². The molecule has 0 aliphatic carbocycles. The fourth-order valence-corrected chi connectivity index (χ4v) is 1.33. The fraction of sp³-hybridized carbons (Fsp3) is 0.222. The maximum Gasteiger partial charge on any atom is 0.363 e. The lowest BCUT2D eigenvalue weighted by molar-refractivity contribution is -0.389. The van der Waals surface area contributed by atoms with Crippen LogP contribution in [0.3, 0.4) is 0 Å². The van der Waals surface area contributed by atoms with Gasteiger partial charge in [0.15, 0.2) is 5.92 Å². The molecule has 0 saturated heterocycles. The van der Waals surface area contributed by atoms with Crippen molar-refractivity contribution in [2.45, 2.75) is 12.8 Å². The molecule has 0 saturated carbocycles. The molecule has 0 aromatic carbocycles. The van der Waals surface area contributed by atoms with Crippen LogP contribution in [-0.4, -0.2) is 32.1 Å². The Morgan fingerprint density at radius 2 is 1.94 bits per heavy atom. The monoisotopic (exact) mass is 240 g/mol. The summed E-state index contributed by atoms with van der Waals surface area (Å²) in [4.78, 5) is 34.6. The summed E-state index contributed by atoms with van der Waals surface area (Å²) in [5, 5.41) is 27.9. The molecular formula is C9H8N2O6. The second kappa shape index (κ2) is 4.56. The van der Waals surface area contributed by atoms with Crippen molar-refractivity contribution in [3.63, 3.8) is 0 Å². The van der Waals surface area contributed by atoms with Crippen LogP contribution >= 0.6 is 0 Å². The lowest BCUT2D eigenvalue weighted by Crippen LogP contribution is -2.22. The van der Waals surface area contributed by atoms with Gasteiger partial charge < -0.3 is 20.3 Å². The second-order valence-corrected chi connectivity index (χ2v) is 3.27. The Kier molecular flexibility index (Phi) is 3.37. The van der Waals surface area contributed by atoms with E-state index in [0.29, 0.717) is 0 Å². The maximum absolute atomic E-state index is 10.8. The molecule has 8 heteroatoms. The molecule has 0 radical (unpaired) electrons. The third kappa shape index (κ3) is 2.54. The van der Waals surface area contributed by atoms with Gasteiger partial charge in [-0.15, -0.1) is 0 Å². The largest absolute Gasteiger partial charge is 0.480 e. The predicted molar refractivity (Wildman–Crippen MR) is 53.6 cm³/mol. The van der Waals surface area contributed by atoms with Crippen LogP contribution in [0.25, 0.3) is 0 Å². The van der Waals surface area contributed by atoms with E-state index in [-0.39, 0.29) is 11.1 Å². The highest BCUT2D eigenvalue weighted by Crippen LogP contribution is 2.22. The quantitative estimate of drug-likeness (QED) is 0.446. The average molecular weight is 240 g/mol. The van der Waals surface area contributed by atoms with Crippen LogP contribution in [0.1, 0.15) is 17.0 Å². The minimum Gasteiger partial charge on any atom is -0.480 e. The number of nitro groups is 1. The van der Waals surface area contributed by atoms with Gasteiger partial charge in [0.25, 0.3) is 0 Å². The Bertz CT molecular complexity index is 484. The van der Waals surface area contributed by atoms with Gasteiger partial charge >= 0.3 is 17.8 Å². The van der Waals surface area contributed by atoms with Crippen molar-refractivity contribution in [1.29, 1.82) is 0 Å². The van der Waals surface area contributed by atoms with Crippen LogP contribution in [0.5, 0.6) is 0 Å². The number of aliphatic carboxylic acids is 2. The topological polar surface area (TPSA) is 131 Å². The predicted octanol–water partition coefficient (Wildman–Crippen LogP) is 0.551. The molecule has 0 atom stereocenters. The molecule has 0 aliphatic rings. The number of pyridine rings is 1. The minimum absolute atomic E-state index is 0.0735. The third-order valence-electron chi connectivity index (χ3n) is 2.13. The van der Waals surface area contributed by atoms with E-state index in [0.717, 1.165) is 12.3 Å². The van der Waals surface area contributed by atoms with Gasteiger partial charge in [-0.1, -0.05) is 0 Å². The average Bonchev–Trinajstić information content (AvgIpc) is 2.19. The molecule has 1 aromatic heterocycles. The molecule has 2 N–H and O–H groups in total. The molecular weight excluding hydrogens is 232 g/mol. The number of carboxylic acids is 2. The van der Waals surface area contributed by atoms with Gasteiger partial charge in [0.1, 0.15) is 6.20 Å². The van der Waals surface area contributed by atoms with Crippen LogP contribution in [-0.2, 0) is 9.59 Å². The van der Waals surface area contributed by atoms with Gasteiger partial charge in [-0.05, 0) is 22.4 Å². The summed E-state index contributed by atoms with van der Waals surface area (Å²) in [5.74, 6) is -5.32. The molecule has 0 amide bonds. The Balaban J connectivity index is 3.27. The zero-order valence-electron chi connectivity index (χ0n) is 8.65. The molecule has 0 spiro atoms. The Morgan fingerprint density at radius 3 is 2.29 bits per heavy atom. The zero-order valence-corrected chi connectivity index (χ0v) is 8.65. The summed E-state index contributed by atoms with van der Waals surface area (Å²) in [6.45, 7) is 1.39. The lowest BCUT2D eigenvalue weighted by atomic mass is 9.97. The number of hydrogen-bond donors (Lipinski definition) is 2. The summed E-state index contributed by atoms with van der Waals surface area (Å²) in [6.07, 6.45) is 0.903. The van der Waals surface area contributed by atoms with E-state index < -0.39 is 28.6 Å². The van der Waals surface area contributed by atoms with Crippen molar-refractivity contribution < 1.29 is 24.7 Å². The number of hydrogen-bond acceptors (Lipinski definition) is 5. The van der Waals surface area contributed by atoms with Gasteiger partial charge in [-0.3, -0.25) is 9.59 Å². The van der Waals surface area contributed by atoms with E-state index in [1.807, 2.05) is 0 Å². The smallest absolute Gasteiger partial charge is 0.363 e. The fourth-order valence-electron chi connectivity index (χ4n) is 1.33. The van der Waals surface area contributed by atoms with Crippen LogP contribution in [0.2, 0.25) is 0 Å². The number of aromatic nitrogens is 1. The second-order valence-electron chi connectivity index (χ2n) is 3.27. The van der Waals surface area contributed by atoms with E-state index in [4.69, 9.17) is 10.2 Å². The van der Waals surface area contributed by atoms with Crippen molar-refractivity contribution in [1.82, 2.24) is 4.98 Å². The number of nitrogens with zero attached hydrogens (tertiary/aromatic N) is 2. The van der Waals surface area contributed by atoms with Gasteiger partial charge in [0.05, 0.1) is 0 Å². The van der Waals surface area contributed by atoms with Crippen LogP contribution in [0, 0.1) is 17.0 Å². The van der Waals surface area contributed by atoms with Crippen LogP contribution in [0.15, 0.2) is 12.3 Å². The summed E-state index contributed by atoms with van der Waals surface area (Å²) >= 11 is 0. The molecule has 1 heterocycles. The summed E-state index contributed by atoms with van der Waals surface area (Å²) in [7, 11) is 0. The Labute approximate surface area is 94.7 Å². The first kappa shape index (κ1) is 12.6. The summed E-state index contributed by atoms with van der Waals surface area (Å²) in [5.41, 5.74) is 0.122. The van der Waals surface area contributed by atoms with E-state index >= 15 is 0 Å². The molecule has 90 valence electrons. The van der Waals surface area contributed by atoms with Crippen molar-refractivity contribution in [2.24, 2.45) is 0 Å². The normalized spacial score (nSPS) is 10.2. The molecule has 8 nitrogen and oxygen atoms in total. The molecule has 17 heavy (non-hydrogen) atoms. The van der Waals surface area contributed by atoms with E-state index in [1.165, 1.54) is 6.92 Å². The van der Waals surface area contributed by atoms with Crippen molar-refractivity contribution in [2.75, 3.05) is 0 Å².